The fourth-order valence-corrected chi connectivity index (χ4v) is 9.44. The third-order valence-electron chi connectivity index (χ3n) is 12.3. The fourth-order valence-electron chi connectivity index (χ4n) is 9.44. The van der Waals surface area contributed by atoms with Crippen molar-refractivity contribution in [2.24, 2.45) is 0 Å². The molecule has 0 saturated carbocycles. The van der Waals surface area contributed by atoms with Crippen molar-refractivity contribution < 1.29 is 0 Å². The number of fused-ring (bicyclic) bond motifs is 8. The van der Waals surface area contributed by atoms with Crippen LogP contribution in [0.5, 0.6) is 0 Å². The van der Waals surface area contributed by atoms with E-state index < -0.39 is 0 Å². The molecule has 0 saturated heterocycles. The molecule has 0 N–H and O–H groups in total. The molecule has 1 aliphatic carbocycles. The topological polar surface area (TPSA) is 8.17 Å². The lowest BCUT2D eigenvalue weighted by molar-refractivity contribution is 0.663. The van der Waals surface area contributed by atoms with Crippen LogP contribution >= 0.6 is 0 Å². The molecule has 0 atom stereocenters. The van der Waals surface area contributed by atoms with Crippen molar-refractivity contribution in [3.05, 3.63) is 229 Å². The molecule has 0 amide bonds. The summed E-state index contributed by atoms with van der Waals surface area (Å²) < 4.78 is 2.50. The lowest BCUT2D eigenvalue weighted by Crippen LogP contribution is -2.16. The van der Waals surface area contributed by atoms with Crippen LogP contribution in [0.25, 0.3) is 72.7 Å². The second-order valence-corrected chi connectivity index (χ2v) is 16.2. The number of hydrogen-bond acceptors (Lipinski definition) is 1. The highest BCUT2D eigenvalue weighted by Gasteiger charge is 2.38. The van der Waals surface area contributed by atoms with Crippen molar-refractivity contribution in [2.75, 3.05) is 4.90 Å². The van der Waals surface area contributed by atoms with Crippen LogP contribution in [0.15, 0.2) is 206 Å². The first-order valence-electron chi connectivity index (χ1n) is 20.5. The number of nitrogens with zero attached hydrogens (tertiary/aromatic N) is 2. The van der Waals surface area contributed by atoms with Crippen LogP contribution < -0.4 is 4.90 Å². The molecule has 0 radical (unpaired) electrons. The second-order valence-electron chi connectivity index (χ2n) is 16.2. The first-order chi connectivity index (χ1) is 29.0. The standard InChI is InChI=1S/C57H42N2/c1-57(2)53-36-40(23-22-39-24-30-48(31-25-39)58(45-16-6-3-7-17-45)46-18-8-4-9-19-46)26-32-49(53)50-33-34-51-52-38-44(43-28-27-41-14-12-13-15-42(41)37-43)29-35-54(52)59(56(51)55(50)57)47-20-10-5-11-21-47/h3-38H,1-2H3/b23-22+. The summed E-state index contributed by atoms with van der Waals surface area (Å²) in [6.07, 6.45) is 4.49. The van der Waals surface area contributed by atoms with Gasteiger partial charge in [0.25, 0.3) is 0 Å². The zero-order chi connectivity index (χ0) is 39.5. The van der Waals surface area contributed by atoms with Gasteiger partial charge < -0.3 is 9.47 Å². The molecule has 2 nitrogen and oxygen atoms in total. The highest BCUT2D eigenvalue weighted by Crippen LogP contribution is 2.53. The normalized spacial score (nSPS) is 13.0. The summed E-state index contributed by atoms with van der Waals surface area (Å²) in [7, 11) is 0. The van der Waals surface area contributed by atoms with Gasteiger partial charge in [0, 0.05) is 38.9 Å². The van der Waals surface area contributed by atoms with Gasteiger partial charge in [-0.2, -0.15) is 0 Å². The van der Waals surface area contributed by atoms with E-state index >= 15 is 0 Å². The molecule has 1 aliphatic rings. The van der Waals surface area contributed by atoms with E-state index in [-0.39, 0.29) is 5.41 Å². The number of rotatable bonds is 7. The Bertz CT molecular complexity index is 3170. The monoisotopic (exact) mass is 754 g/mol. The average molecular weight is 755 g/mol. The maximum Gasteiger partial charge on any atom is 0.0588 e. The number of hydrogen-bond donors (Lipinski definition) is 0. The molecule has 280 valence electrons. The van der Waals surface area contributed by atoms with Crippen molar-refractivity contribution in [3.8, 4) is 27.9 Å². The molecule has 0 aliphatic heterocycles. The molecule has 0 fully saturated rings. The zero-order valence-corrected chi connectivity index (χ0v) is 33.2. The van der Waals surface area contributed by atoms with Crippen LogP contribution in [0.2, 0.25) is 0 Å². The molecular weight excluding hydrogens is 713 g/mol. The van der Waals surface area contributed by atoms with E-state index in [9.17, 15) is 0 Å². The van der Waals surface area contributed by atoms with Gasteiger partial charge >= 0.3 is 0 Å². The van der Waals surface area contributed by atoms with Crippen LogP contribution in [-0.4, -0.2) is 4.57 Å². The number of aromatic nitrogens is 1. The average Bonchev–Trinajstić information content (AvgIpc) is 3.74. The molecule has 1 heterocycles. The largest absolute Gasteiger partial charge is 0.311 e. The minimum absolute atomic E-state index is 0.226. The number of benzene rings is 9. The molecule has 59 heavy (non-hydrogen) atoms. The van der Waals surface area contributed by atoms with Crippen LogP contribution in [0.1, 0.15) is 36.1 Å². The molecule has 2 heteroatoms. The van der Waals surface area contributed by atoms with Gasteiger partial charge in [-0.15, -0.1) is 0 Å². The quantitative estimate of drug-likeness (QED) is 0.147. The lowest BCUT2D eigenvalue weighted by Gasteiger charge is -2.25. The molecule has 10 aromatic rings. The van der Waals surface area contributed by atoms with Gasteiger partial charge in [-0.1, -0.05) is 166 Å². The predicted molar refractivity (Wildman–Crippen MR) is 251 cm³/mol. The smallest absolute Gasteiger partial charge is 0.0588 e. The third kappa shape index (κ3) is 5.87. The van der Waals surface area contributed by atoms with Gasteiger partial charge in [-0.05, 0) is 122 Å². The minimum Gasteiger partial charge on any atom is -0.311 e. The molecule has 0 bridgehead atoms. The van der Waals surface area contributed by atoms with E-state index in [2.05, 4.69) is 242 Å². The lowest BCUT2D eigenvalue weighted by atomic mass is 9.81. The first-order valence-corrected chi connectivity index (χ1v) is 20.5. The van der Waals surface area contributed by atoms with Crippen molar-refractivity contribution in [1.29, 1.82) is 0 Å². The van der Waals surface area contributed by atoms with Crippen LogP contribution in [0.4, 0.5) is 17.1 Å². The Morgan fingerprint density at radius 2 is 1.02 bits per heavy atom. The fraction of sp³-hybridized carbons (Fsp3) is 0.0526. The van der Waals surface area contributed by atoms with E-state index in [1.165, 1.54) is 77.2 Å². The molecule has 0 unspecified atom stereocenters. The Balaban J connectivity index is 0.973. The third-order valence-corrected chi connectivity index (χ3v) is 12.3. The van der Waals surface area contributed by atoms with Crippen molar-refractivity contribution in [3.63, 3.8) is 0 Å². The molecular formula is C57H42N2. The predicted octanol–water partition coefficient (Wildman–Crippen LogP) is 15.6. The van der Waals surface area contributed by atoms with E-state index in [0.29, 0.717) is 0 Å². The number of para-hydroxylation sites is 3. The summed E-state index contributed by atoms with van der Waals surface area (Å²) in [4.78, 5) is 2.30. The van der Waals surface area contributed by atoms with Gasteiger partial charge in [0.1, 0.15) is 0 Å². The first kappa shape index (κ1) is 34.8. The Labute approximate surface area is 345 Å². The second kappa shape index (κ2) is 13.9. The van der Waals surface area contributed by atoms with Crippen molar-refractivity contribution in [2.45, 2.75) is 19.3 Å². The van der Waals surface area contributed by atoms with E-state index in [0.717, 1.165) is 22.6 Å². The van der Waals surface area contributed by atoms with Crippen molar-refractivity contribution in [1.82, 2.24) is 4.57 Å². The van der Waals surface area contributed by atoms with Gasteiger partial charge in [0.15, 0.2) is 0 Å². The maximum atomic E-state index is 2.50. The molecule has 1 aromatic heterocycles. The number of anilines is 3. The highest BCUT2D eigenvalue weighted by molar-refractivity contribution is 6.14. The molecule has 0 spiro atoms. The molecule has 11 rings (SSSR count). The highest BCUT2D eigenvalue weighted by atomic mass is 15.1. The summed E-state index contributed by atoms with van der Waals surface area (Å²) in [5.74, 6) is 0. The Morgan fingerprint density at radius 3 is 1.75 bits per heavy atom. The van der Waals surface area contributed by atoms with Crippen LogP contribution in [0.3, 0.4) is 0 Å². The van der Waals surface area contributed by atoms with Gasteiger partial charge in [0.2, 0.25) is 0 Å². The summed E-state index contributed by atoms with van der Waals surface area (Å²) in [5.41, 5.74) is 17.1. The van der Waals surface area contributed by atoms with Gasteiger partial charge in [0.05, 0.1) is 11.0 Å². The van der Waals surface area contributed by atoms with Crippen LogP contribution in [0, 0.1) is 0 Å². The zero-order valence-electron chi connectivity index (χ0n) is 33.2. The maximum absolute atomic E-state index is 2.50. The van der Waals surface area contributed by atoms with E-state index in [1.54, 1.807) is 0 Å². The Morgan fingerprint density at radius 1 is 0.441 bits per heavy atom. The Kier molecular flexibility index (Phi) is 8.20. The van der Waals surface area contributed by atoms with Gasteiger partial charge in [-0.3, -0.25) is 0 Å². The Hall–Kier alpha value is -7.42. The summed E-state index contributed by atoms with van der Waals surface area (Å²) >= 11 is 0. The summed E-state index contributed by atoms with van der Waals surface area (Å²) in [6.45, 7) is 4.81. The van der Waals surface area contributed by atoms with E-state index in [4.69, 9.17) is 0 Å². The van der Waals surface area contributed by atoms with E-state index in [1.807, 2.05) is 0 Å². The summed E-state index contributed by atoms with van der Waals surface area (Å²) in [6, 6.07) is 75.0. The minimum atomic E-state index is -0.226. The summed E-state index contributed by atoms with van der Waals surface area (Å²) in [5, 5.41) is 5.08. The molecule has 9 aromatic carbocycles. The van der Waals surface area contributed by atoms with Gasteiger partial charge in [-0.25, -0.2) is 0 Å². The van der Waals surface area contributed by atoms with Crippen LogP contribution in [-0.2, 0) is 5.41 Å². The SMILES string of the molecule is CC1(C)c2cc(/C=C/c3ccc(N(c4ccccc4)c4ccccc4)cc3)ccc2-c2ccc3c4cc(-c5ccc6ccccc6c5)ccc4n(-c4ccccc4)c3c21. The van der Waals surface area contributed by atoms with Crippen molar-refractivity contribution >= 4 is 61.8 Å².